The first kappa shape index (κ1) is 35.2. The number of sulfonamides is 1. The maximum absolute atomic E-state index is 15.3. The van der Waals surface area contributed by atoms with E-state index in [1.165, 1.54) is 65.8 Å². The van der Waals surface area contributed by atoms with Crippen molar-refractivity contribution in [2.75, 3.05) is 26.3 Å². The van der Waals surface area contributed by atoms with Gasteiger partial charge in [0.2, 0.25) is 10.0 Å². The molecule has 1 heterocycles. The summed E-state index contributed by atoms with van der Waals surface area (Å²) < 4.78 is 48.1. The molecule has 49 heavy (non-hydrogen) atoms. The van der Waals surface area contributed by atoms with Crippen molar-refractivity contribution in [2.24, 2.45) is 10.2 Å². The molecule has 0 bridgehead atoms. The number of benzene rings is 4. The molecule has 4 aromatic carbocycles. The zero-order valence-electron chi connectivity index (χ0n) is 26.1. The predicted molar refractivity (Wildman–Crippen MR) is 181 cm³/mol. The lowest BCUT2D eigenvalue weighted by Gasteiger charge is -2.26. The molecular weight excluding hydrogens is 677 g/mol. The summed E-state index contributed by atoms with van der Waals surface area (Å²) in [6.45, 7) is 2.33. The van der Waals surface area contributed by atoms with Crippen molar-refractivity contribution in [3.8, 4) is 11.5 Å². The number of phenols is 2. The van der Waals surface area contributed by atoms with Crippen molar-refractivity contribution in [3.63, 3.8) is 0 Å². The Labute approximate surface area is 286 Å². The molecule has 0 atom stereocenters. The molecule has 0 unspecified atom stereocenters. The zero-order valence-corrected chi connectivity index (χ0v) is 27.6. The highest BCUT2D eigenvalue weighted by molar-refractivity contribution is 7.89. The summed E-state index contributed by atoms with van der Waals surface area (Å²) in [7, 11) is -3.89. The molecule has 0 saturated carbocycles. The number of hydrogen-bond acceptors (Lipinski definition) is 9. The van der Waals surface area contributed by atoms with Gasteiger partial charge in [-0.25, -0.2) is 23.7 Å². The SMILES string of the molecule is CC(=NNC(=O)c1ccccc1)c1c(O)ccc(CC(=NNC(=O)c2cccc(S(=O)(=O)N3CCOCC3)c2)c2cccc(Cl)c2F)c1O. The van der Waals surface area contributed by atoms with Gasteiger partial charge in [-0.3, -0.25) is 9.59 Å². The van der Waals surface area contributed by atoms with Crippen LogP contribution in [-0.2, 0) is 21.2 Å². The number of aromatic hydroxyl groups is 2. The van der Waals surface area contributed by atoms with Crippen molar-refractivity contribution in [1.82, 2.24) is 15.2 Å². The molecule has 0 radical (unpaired) electrons. The van der Waals surface area contributed by atoms with Gasteiger partial charge in [0.05, 0.1) is 40.1 Å². The first-order valence-corrected chi connectivity index (χ1v) is 16.7. The van der Waals surface area contributed by atoms with Crippen LogP contribution in [0.25, 0.3) is 0 Å². The molecule has 1 fully saturated rings. The highest BCUT2D eigenvalue weighted by Crippen LogP contribution is 2.33. The summed E-state index contributed by atoms with van der Waals surface area (Å²) in [5, 5.41) is 29.8. The Balaban J connectivity index is 1.44. The Hall–Kier alpha value is -5.15. The lowest BCUT2D eigenvalue weighted by atomic mass is 9.97. The second kappa shape index (κ2) is 15.4. The molecule has 15 heteroatoms. The van der Waals surface area contributed by atoms with Gasteiger partial charge in [0.1, 0.15) is 11.5 Å². The van der Waals surface area contributed by atoms with Crippen molar-refractivity contribution in [3.05, 3.63) is 124 Å². The molecule has 0 aliphatic carbocycles. The third kappa shape index (κ3) is 8.12. The monoisotopic (exact) mass is 707 g/mol. The van der Waals surface area contributed by atoms with Crippen LogP contribution in [0.1, 0.15) is 44.3 Å². The molecule has 0 spiro atoms. The fraction of sp³-hybridized carbons (Fsp3) is 0.176. The summed E-state index contributed by atoms with van der Waals surface area (Å²) in [4.78, 5) is 25.6. The van der Waals surface area contributed by atoms with E-state index in [4.69, 9.17) is 16.3 Å². The van der Waals surface area contributed by atoms with Gasteiger partial charge in [-0.1, -0.05) is 54.1 Å². The van der Waals surface area contributed by atoms with Crippen molar-refractivity contribution in [2.45, 2.75) is 18.2 Å². The van der Waals surface area contributed by atoms with Crippen LogP contribution in [0.2, 0.25) is 5.02 Å². The predicted octanol–water partition coefficient (Wildman–Crippen LogP) is 4.44. The third-order valence-electron chi connectivity index (χ3n) is 7.58. The van der Waals surface area contributed by atoms with Crippen molar-refractivity contribution in [1.29, 1.82) is 0 Å². The third-order valence-corrected chi connectivity index (χ3v) is 9.77. The standard InChI is InChI=1S/C34H31ClFN5O7S/c1-21(37-39-33(44)22-7-3-2-4-8-22)30-29(42)14-13-23(32(30)43)20-28(26-11-6-12-27(35)31(26)36)38-40-34(45)24-9-5-10-25(19-24)49(46,47)41-15-17-48-18-16-41/h2-14,19,42-43H,15-18,20H2,1H3,(H,39,44)(H,40,45). The van der Waals surface area contributed by atoms with Crippen LogP contribution in [-0.4, -0.2) is 72.5 Å². The first-order valence-electron chi connectivity index (χ1n) is 14.9. The molecule has 4 N–H and O–H groups in total. The lowest BCUT2D eigenvalue weighted by molar-refractivity contribution is 0.0730. The maximum Gasteiger partial charge on any atom is 0.271 e. The quantitative estimate of drug-likeness (QED) is 0.139. The smallest absolute Gasteiger partial charge is 0.271 e. The number of carbonyl (C=O) groups is 2. The van der Waals surface area contributed by atoms with Crippen LogP contribution in [0.4, 0.5) is 4.39 Å². The minimum Gasteiger partial charge on any atom is -0.507 e. The van der Waals surface area contributed by atoms with Gasteiger partial charge >= 0.3 is 0 Å². The molecule has 254 valence electrons. The number of nitrogens with zero attached hydrogens (tertiary/aromatic N) is 3. The van der Waals surface area contributed by atoms with Crippen LogP contribution in [0.5, 0.6) is 11.5 Å². The Kier molecular flexibility index (Phi) is 11.0. The number of nitrogens with one attached hydrogen (secondary N) is 2. The van der Waals surface area contributed by atoms with Crippen molar-refractivity contribution < 1.29 is 37.3 Å². The normalized spacial score (nSPS) is 14.3. The number of rotatable bonds is 10. The molecule has 1 aliphatic rings. The van der Waals surface area contributed by atoms with Gasteiger partial charge < -0.3 is 14.9 Å². The van der Waals surface area contributed by atoms with E-state index in [0.717, 1.165) is 0 Å². The van der Waals surface area contributed by atoms with E-state index in [-0.39, 0.29) is 82.1 Å². The van der Waals surface area contributed by atoms with E-state index < -0.39 is 33.4 Å². The molecule has 5 rings (SSSR count). The van der Waals surface area contributed by atoms with E-state index in [1.807, 2.05) is 0 Å². The van der Waals surface area contributed by atoms with Gasteiger partial charge in [0, 0.05) is 41.8 Å². The summed E-state index contributed by atoms with van der Waals surface area (Å²) in [5.41, 5.74) is 5.01. The number of morpholine rings is 1. The van der Waals surface area contributed by atoms with Gasteiger partial charge in [0.25, 0.3) is 11.8 Å². The van der Waals surface area contributed by atoms with E-state index in [2.05, 4.69) is 21.1 Å². The molecule has 0 aromatic heterocycles. The number of ether oxygens (including phenoxy) is 1. The Morgan fingerprint density at radius 3 is 2.29 bits per heavy atom. The molecule has 4 aromatic rings. The average molecular weight is 708 g/mol. The highest BCUT2D eigenvalue weighted by Gasteiger charge is 2.27. The summed E-state index contributed by atoms with van der Waals surface area (Å²) >= 11 is 6.05. The zero-order chi connectivity index (χ0) is 35.1. The van der Waals surface area contributed by atoms with E-state index in [1.54, 1.807) is 30.3 Å². The van der Waals surface area contributed by atoms with Gasteiger partial charge in [-0.05, 0) is 49.4 Å². The van der Waals surface area contributed by atoms with Crippen molar-refractivity contribution >= 4 is 44.9 Å². The van der Waals surface area contributed by atoms with Gasteiger partial charge in [-0.15, -0.1) is 0 Å². The Morgan fingerprint density at radius 2 is 1.55 bits per heavy atom. The van der Waals surface area contributed by atoms with Crippen LogP contribution < -0.4 is 10.9 Å². The lowest BCUT2D eigenvalue weighted by Crippen LogP contribution is -2.40. The molecule has 1 aliphatic heterocycles. The van der Waals surface area contributed by atoms with E-state index in [0.29, 0.717) is 5.56 Å². The Morgan fingerprint density at radius 1 is 0.898 bits per heavy atom. The largest absolute Gasteiger partial charge is 0.507 e. The summed E-state index contributed by atoms with van der Waals surface area (Å²) in [6.07, 6.45) is -0.272. The van der Waals surface area contributed by atoms with Crippen LogP contribution >= 0.6 is 11.6 Å². The minimum absolute atomic E-state index is 0.0249. The van der Waals surface area contributed by atoms with Crippen LogP contribution in [0.3, 0.4) is 0 Å². The topological polar surface area (TPSA) is 170 Å². The minimum atomic E-state index is -3.89. The second-order valence-corrected chi connectivity index (χ2v) is 13.1. The number of amides is 2. The van der Waals surface area contributed by atoms with Gasteiger partial charge in [0.15, 0.2) is 5.82 Å². The second-order valence-electron chi connectivity index (χ2n) is 10.8. The summed E-state index contributed by atoms with van der Waals surface area (Å²) in [5.74, 6) is -2.91. The fourth-order valence-electron chi connectivity index (χ4n) is 4.99. The molecule has 2 amide bonds. The summed E-state index contributed by atoms with van der Waals surface area (Å²) in [6, 6.07) is 20.6. The number of halogens is 2. The molecule has 1 saturated heterocycles. The first-order chi connectivity index (χ1) is 23.5. The Bertz CT molecular complexity index is 2050. The van der Waals surface area contributed by atoms with Crippen LogP contribution in [0.15, 0.2) is 100 Å². The highest BCUT2D eigenvalue weighted by atomic mass is 35.5. The molecule has 12 nitrogen and oxygen atoms in total. The van der Waals surface area contributed by atoms with Crippen LogP contribution in [0, 0.1) is 5.82 Å². The number of phenolic OH excluding ortho intramolecular Hbond substituents is 2. The van der Waals surface area contributed by atoms with E-state index >= 15 is 4.39 Å². The number of carbonyl (C=O) groups excluding carboxylic acids is 2. The number of hydrazone groups is 2. The maximum atomic E-state index is 15.3. The fourth-order valence-corrected chi connectivity index (χ4v) is 6.62. The molecular formula is C34H31ClFN5O7S. The van der Waals surface area contributed by atoms with Gasteiger partial charge in [-0.2, -0.15) is 14.5 Å². The number of hydrogen-bond donors (Lipinski definition) is 4. The average Bonchev–Trinajstić information content (AvgIpc) is 3.12. The van der Waals surface area contributed by atoms with E-state index in [9.17, 15) is 28.2 Å².